The second kappa shape index (κ2) is 9.17. The molecule has 0 spiro atoms. The molecule has 0 aromatic carbocycles. The smallest absolute Gasteiger partial charge is 0.317 e. The summed E-state index contributed by atoms with van der Waals surface area (Å²) in [4.78, 5) is 42.2. The number of Topliss-reactive ketones (excluding diaryl/α,β-unsaturated/α-hetero) is 1. The van der Waals surface area contributed by atoms with Crippen molar-refractivity contribution in [2.24, 2.45) is 12.5 Å². The number of imidazole rings is 1. The molecule has 0 bridgehead atoms. The van der Waals surface area contributed by atoms with Gasteiger partial charge < -0.3 is 4.57 Å². The highest BCUT2D eigenvalue weighted by molar-refractivity contribution is 5.85. The normalized spacial score (nSPS) is 11.9. The van der Waals surface area contributed by atoms with E-state index in [2.05, 4.69) is 11.6 Å². The number of allylic oxidation sites excluding steroid dienone is 1. The number of rotatable bonds is 10. The minimum Gasteiger partial charge on any atom is -0.317 e. The van der Waals surface area contributed by atoms with Crippen LogP contribution < -0.4 is 11.2 Å². The zero-order chi connectivity index (χ0) is 20.9. The second-order valence-corrected chi connectivity index (χ2v) is 8.36. The molecule has 0 fully saturated rings. The molecule has 2 heterocycles. The fourth-order valence-corrected chi connectivity index (χ4v) is 3.12. The first-order valence-electron chi connectivity index (χ1n) is 9.97. The standard InChI is InChI=1S/C21H32N4O3/c1-6-7-8-9-10-11-12-13-25-19(27)17-18(23(5)20(25)28)22-15-24(17)14-16(26)21(2,3)4/h6,15H,1,7-14H2,2-5H3. The van der Waals surface area contributed by atoms with Crippen molar-refractivity contribution in [1.82, 2.24) is 18.7 Å². The summed E-state index contributed by atoms with van der Waals surface area (Å²) < 4.78 is 4.22. The fourth-order valence-electron chi connectivity index (χ4n) is 3.12. The van der Waals surface area contributed by atoms with Gasteiger partial charge in [-0.2, -0.15) is 0 Å². The summed E-state index contributed by atoms with van der Waals surface area (Å²) in [6, 6.07) is 0. The van der Waals surface area contributed by atoms with E-state index in [0.29, 0.717) is 17.7 Å². The molecule has 7 nitrogen and oxygen atoms in total. The molecule has 0 unspecified atom stereocenters. The number of nitrogens with zero attached hydrogens (tertiary/aromatic N) is 4. The van der Waals surface area contributed by atoms with Crippen LogP contribution in [-0.4, -0.2) is 24.5 Å². The Morgan fingerprint density at radius 2 is 1.79 bits per heavy atom. The van der Waals surface area contributed by atoms with E-state index < -0.39 is 5.41 Å². The molecular weight excluding hydrogens is 356 g/mol. The lowest BCUT2D eigenvalue weighted by Crippen LogP contribution is -2.40. The van der Waals surface area contributed by atoms with Crippen LogP contribution in [0, 0.1) is 5.41 Å². The van der Waals surface area contributed by atoms with Gasteiger partial charge in [-0.1, -0.05) is 46.1 Å². The Balaban J connectivity index is 2.24. The van der Waals surface area contributed by atoms with Gasteiger partial charge in [0.15, 0.2) is 16.9 Å². The van der Waals surface area contributed by atoms with Gasteiger partial charge in [-0.15, -0.1) is 6.58 Å². The lowest BCUT2D eigenvalue weighted by Gasteiger charge is -2.17. The zero-order valence-corrected chi connectivity index (χ0v) is 17.5. The Morgan fingerprint density at radius 1 is 1.14 bits per heavy atom. The van der Waals surface area contributed by atoms with Gasteiger partial charge in [0, 0.05) is 19.0 Å². The SMILES string of the molecule is C=CCCCCCCCn1c(=O)c2c(ncn2CC(=O)C(C)(C)C)n(C)c1=O. The van der Waals surface area contributed by atoms with Gasteiger partial charge in [0.1, 0.15) is 0 Å². The van der Waals surface area contributed by atoms with Crippen LogP contribution in [0.3, 0.4) is 0 Å². The van der Waals surface area contributed by atoms with Crippen molar-refractivity contribution in [3.05, 3.63) is 39.8 Å². The Kier molecular flexibility index (Phi) is 7.16. The molecule has 7 heteroatoms. The maximum Gasteiger partial charge on any atom is 0.332 e. The number of hydrogen-bond donors (Lipinski definition) is 0. The molecule has 2 rings (SSSR count). The fraction of sp³-hybridized carbons (Fsp3) is 0.619. The van der Waals surface area contributed by atoms with Gasteiger partial charge in [0.05, 0.1) is 12.9 Å². The average molecular weight is 389 g/mol. The van der Waals surface area contributed by atoms with Crippen molar-refractivity contribution in [2.45, 2.75) is 72.4 Å². The highest BCUT2D eigenvalue weighted by atomic mass is 16.2. The molecule has 0 atom stereocenters. The van der Waals surface area contributed by atoms with E-state index in [9.17, 15) is 14.4 Å². The van der Waals surface area contributed by atoms with E-state index >= 15 is 0 Å². The maximum atomic E-state index is 13.0. The average Bonchev–Trinajstić information content (AvgIpc) is 3.04. The van der Waals surface area contributed by atoms with Crippen molar-refractivity contribution in [3.8, 4) is 0 Å². The summed E-state index contributed by atoms with van der Waals surface area (Å²) >= 11 is 0. The first-order chi connectivity index (χ1) is 13.2. The topological polar surface area (TPSA) is 78.9 Å². The van der Waals surface area contributed by atoms with Crippen LogP contribution in [0.1, 0.15) is 59.3 Å². The number of ketones is 1. The zero-order valence-electron chi connectivity index (χ0n) is 17.5. The summed E-state index contributed by atoms with van der Waals surface area (Å²) in [7, 11) is 1.61. The van der Waals surface area contributed by atoms with Gasteiger partial charge >= 0.3 is 5.69 Å². The van der Waals surface area contributed by atoms with Crippen LogP contribution in [0.15, 0.2) is 28.6 Å². The van der Waals surface area contributed by atoms with E-state index in [4.69, 9.17) is 0 Å². The minimum atomic E-state index is -0.512. The van der Waals surface area contributed by atoms with Crippen LogP contribution in [0.2, 0.25) is 0 Å². The van der Waals surface area contributed by atoms with Gasteiger partial charge in [-0.05, 0) is 19.3 Å². The van der Waals surface area contributed by atoms with Crippen LogP contribution in [-0.2, 0) is 24.9 Å². The summed E-state index contributed by atoms with van der Waals surface area (Å²) in [6.07, 6.45) is 9.47. The number of aromatic nitrogens is 4. The highest BCUT2D eigenvalue weighted by Crippen LogP contribution is 2.17. The lowest BCUT2D eigenvalue weighted by molar-refractivity contribution is -0.126. The summed E-state index contributed by atoms with van der Waals surface area (Å²) in [5, 5.41) is 0. The molecule has 0 saturated heterocycles. The maximum absolute atomic E-state index is 13.0. The number of hydrogen-bond acceptors (Lipinski definition) is 4. The number of unbranched alkanes of at least 4 members (excludes halogenated alkanes) is 5. The molecule has 0 aliphatic carbocycles. The molecule has 0 aliphatic rings. The number of aryl methyl sites for hydroxylation is 1. The number of fused-ring (bicyclic) bond motifs is 1. The van der Waals surface area contributed by atoms with Crippen molar-refractivity contribution in [3.63, 3.8) is 0 Å². The van der Waals surface area contributed by atoms with Crippen molar-refractivity contribution in [2.75, 3.05) is 0 Å². The largest absolute Gasteiger partial charge is 0.332 e. The summed E-state index contributed by atoms with van der Waals surface area (Å²) in [5.74, 6) is 0.00567. The van der Waals surface area contributed by atoms with Crippen molar-refractivity contribution < 1.29 is 4.79 Å². The molecule has 0 saturated carbocycles. The summed E-state index contributed by atoms with van der Waals surface area (Å²) in [5.41, 5.74) is -0.620. The van der Waals surface area contributed by atoms with E-state index in [1.165, 1.54) is 15.5 Å². The Labute approximate surface area is 165 Å². The second-order valence-electron chi connectivity index (χ2n) is 8.36. The Hall–Kier alpha value is -2.44. The first-order valence-corrected chi connectivity index (χ1v) is 9.97. The van der Waals surface area contributed by atoms with Gasteiger partial charge in [-0.25, -0.2) is 9.78 Å². The van der Waals surface area contributed by atoms with Gasteiger partial charge in [0.2, 0.25) is 0 Å². The van der Waals surface area contributed by atoms with Crippen LogP contribution in [0.5, 0.6) is 0 Å². The molecule has 0 aliphatic heterocycles. The molecule has 2 aromatic rings. The predicted molar refractivity (Wildman–Crippen MR) is 112 cm³/mol. The van der Waals surface area contributed by atoms with E-state index in [0.717, 1.165) is 38.5 Å². The molecule has 0 radical (unpaired) electrons. The van der Waals surface area contributed by atoms with Crippen molar-refractivity contribution >= 4 is 16.9 Å². The molecular formula is C21H32N4O3. The third-order valence-electron chi connectivity index (χ3n) is 5.04. The number of carbonyl (C=O) groups is 1. The molecule has 154 valence electrons. The predicted octanol–water partition coefficient (Wildman–Crippen LogP) is 3.04. The Morgan fingerprint density at radius 3 is 2.43 bits per heavy atom. The lowest BCUT2D eigenvalue weighted by atomic mass is 9.91. The summed E-state index contributed by atoms with van der Waals surface area (Å²) in [6.45, 7) is 9.69. The Bertz CT molecular complexity index is 957. The first kappa shape index (κ1) is 21.9. The third-order valence-corrected chi connectivity index (χ3v) is 5.04. The van der Waals surface area contributed by atoms with Gasteiger partial charge in [0.25, 0.3) is 5.56 Å². The van der Waals surface area contributed by atoms with E-state index in [-0.39, 0.29) is 23.6 Å². The van der Waals surface area contributed by atoms with Crippen molar-refractivity contribution in [1.29, 1.82) is 0 Å². The number of carbonyl (C=O) groups excluding carboxylic acids is 1. The van der Waals surface area contributed by atoms with E-state index in [1.807, 2.05) is 26.8 Å². The highest BCUT2D eigenvalue weighted by Gasteiger charge is 2.23. The van der Waals surface area contributed by atoms with Crippen LogP contribution in [0.4, 0.5) is 0 Å². The molecule has 0 N–H and O–H groups in total. The van der Waals surface area contributed by atoms with Crippen LogP contribution in [0.25, 0.3) is 11.2 Å². The molecule has 28 heavy (non-hydrogen) atoms. The third kappa shape index (κ3) is 4.88. The van der Waals surface area contributed by atoms with Gasteiger partial charge in [-0.3, -0.25) is 18.7 Å². The molecule has 0 amide bonds. The van der Waals surface area contributed by atoms with Crippen LogP contribution >= 0.6 is 0 Å². The van der Waals surface area contributed by atoms with E-state index in [1.54, 1.807) is 11.6 Å². The monoisotopic (exact) mass is 388 g/mol. The quantitative estimate of drug-likeness (QED) is 0.463. The molecule has 2 aromatic heterocycles. The minimum absolute atomic E-state index is 0.00567.